The number of H-pyrrole nitrogens is 1. The minimum absolute atomic E-state index is 0.0593. The Morgan fingerprint density at radius 2 is 1.91 bits per heavy atom. The maximum absolute atomic E-state index is 12.4. The molecular weight excluding hydrogens is 300 g/mol. The summed E-state index contributed by atoms with van der Waals surface area (Å²) in [5, 5.41) is 3.99. The van der Waals surface area contributed by atoms with Crippen LogP contribution in [-0.4, -0.2) is 36.1 Å². The third-order valence-electron chi connectivity index (χ3n) is 3.92. The molecule has 2 aromatic rings. The highest BCUT2D eigenvalue weighted by atomic mass is 35.5. The van der Waals surface area contributed by atoms with Crippen LogP contribution in [0.3, 0.4) is 0 Å². The average Bonchev–Trinajstić information content (AvgIpc) is 2.53. The highest BCUT2D eigenvalue weighted by Crippen LogP contribution is 2.15. The van der Waals surface area contributed by atoms with Crippen LogP contribution in [0.25, 0.3) is 0 Å². The number of benzene rings is 1. The Morgan fingerprint density at radius 1 is 1.23 bits per heavy atom. The van der Waals surface area contributed by atoms with Crippen LogP contribution in [0.2, 0.25) is 5.02 Å². The zero-order valence-electron chi connectivity index (χ0n) is 12.5. The Labute approximate surface area is 134 Å². The number of hydrogen-bond donors (Lipinski definition) is 2. The van der Waals surface area contributed by atoms with E-state index in [-0.39, 0.29) is 5.56 Å². The first-order chi connectivity index (χ1) is 10.6. The van der Waals surface area contributed by atoms with Crippen molar-refractivity contribution in [3.8, 4) is 0 Å². The van der Waals surface area contributed by atoms with Gasteiger partial charge in [-0.25, -0.2) is 4.98 Å². The lowest BCUT2D eigenvalue weighted by Crippen LogP contribution is -2.45. The molecule has 22 heavy (non-hydrogen) atoms. The highest BCUT2D eigenvalue weighted by molar-refractivity contribution is 6.30. The average molecular weight is 319 g/mol. The molecule has 0 bridgehead atoms. The van der Waals surface area contributed by atoms with Crippen molar-refractivity contribution in [1.82, 2.24) is 15.3 Å². The van der Waals surface area contributed by atoms with Crippen molar-refractivity contribution < 1.29 is 0 Å². The van der Waals surface area contributed by atoms with E-state index in [1.165, 1.54) is 0 Å². The van der Waals surface area contributed by atoms with Crippen LogP contribution in [0.4, 0.5) is 5.95 Å². The van der Waals surface area contributed by atoms with E-state index in [9.17, 15) is 4.79 Å². The number of nitrogens with zero attached hydrogens (tertiary/aromatic N) is 2. The molecule has 0 atom stereocenters. The lowest BCUT2D eigenvalue weighted by Gasteiger charge is -2.28. The Morgan fingerprint density at radius 3 is 2.55 bits per heavy atom. The van der Waals surface area contributed by atoms with Gasteiger partial charge >= 0.3 is 0 Å². The van der Waals surface area contributed by atoms with Gasteiger partial charge in [-0.2, -0.15) is 0 Å². The van der Waals surface area contributed by atoms with E-state index in [1.807, 2.05) is 31.2 Å². The Kier molecular flexibility index (Phi) is 4.45. The Hall–Kier alpha value is -1.85. The molecule has 6 heteroatoms. The van der Waals surface area contributed by atoms with Crippen molar-refractivity contribution >= 4 is 17.5 Å². The summed E-state index contributed by atoms with van der Waals surface area (Å²) in [5.41, 5.74) is 2.49. The lowest BCUT2D eigenvalue weighted by atomic mass is 10.1. The van der Waals surface area contributed by atoms with Crippen molar-refractivity contribution in [2.45, 2.75) is 13.3 Å². The van der Waals surface area contributed by atoms with Gasteiger partial charge in [0.15, 0.2) is 0 Å². The van der Waals surface area contributed by atoms with E-state index < -0.39 is 0 Å². The molecule has 1 aromatic heterocycles. The number of aromatic nitrogens is 2. The summed E-state index contributed by atoms with van der Waals surface area (Å²) in [6, 6.07) is 7.54. The van der Waals surface area contributed by atoms with Crippen molar-refractivity contribution in [3.63, 3.8) is 0 Å². The molecule has 116 valence electrons. The molecule has 1 aliphatic rings. The van der Waals surface area contributed by atoms with E-state index >= 15 is 0 Å². The standard InChI is InChI=1S/C16H19ClN4O/c1-11-14(10-12-2-4-13(17)5-3-12)15(22)20-16(19-11)21-8-6-18-7-9-21/h2-5,18H,6-10H2,1H3,(H,19,20,22). The third-order valence-corrected chi connectivity index (χ3v) is 4.17. The van der Waals surface area contributed by atoms with Crippen LogP contribution >= 0.6 is 11.6 Å². The summed E-state index contributed by atoms with van der Waals surface area (Å²) in [7, 11) is 0. The van der Waals surface area contributed by atoms with Gasteiger partial charge in [-0.3, -0.25) is 9.78 Å². The third kappa shape index (κ3) is 3.31. The number of anilines is 1. The first-order valence-corrected chi connectivity index (χ1v) is 7.81. The normalized spacial score (nSPS) is 15.1. The fourth-order valence-electron chi connectivity index (χ4n) is 2.64. The lowest BCUT2D eigenvalue weighted by molar-refractivity contribution is 0.578. The minimum Gasteiger partial charge on any atom is -0.340 e. The van der Waals surface area contributed by atoms with Gasteiger partial charge in [-0.1, -0.05) is 23.7 Å². The minimum atomic E-state index is -0.0593. The van der Waals surface area contributed by atoms with Gasteiger partial charge < -0.3 is 10.2 Å². The predicted molar refractivity (Wildman–Crippen MR) is 88.9 cm³/mol. The molecule has 1 aromatic carbocycles. The Bertz CT molecular complexity index is 705. The molecule has 5 nitrogen and oxygen atoms in total. The number of hydrogen-bond acceptors (Lipinski definition) is 4. The maximum atomic E-state index is 12.4. The summed E-state index contributed by atoms with van der Waals surface area (Å²) in [6.07, 6.45) is 0.563. The molecule has 1 saturated heterocycles. The number of halogens is 1. The zero-order chi connectivity index (χ0) is 15.5. The molecular formula is C16H19ClN4O. The zero-order valence-corrected chi connectivity index (χ0v) is 13.3. The van der Waals surface area contributed by atoms with E-state index in [4.69, 9.17) is 11.6 Å². The summed E-state index contributed by atoms with van der Waals surface area (Å²) >= 11 is 5.89. The molecule has 0 radical (unpaired) electrons. The second kappa shape index (κ2) is 6.50. The maximum Gasteiger partial charge on any atom is 0.256 e. The van der Waals surface area contributed by atoms with Gasteiger partial charge in [-0.15, -0.1) is 0 Å². The van der Waals surface area contributed by atoms with Crippen LogP contribution in [0.1, 0.15) is 16.8 Å². The molecule has 1 fully saturated rings. The van der Waals surface area contributed by atoms with Gasteiger partial charge in [0.05, 0.1) is 5.69 Å². The fraction of sp³-hybridized carbons (Fsp3) is 0.375. The second-order valence-corrected chi connectivity index (χ2v) is 5.93. The SMILES string of the molecule is Cc1nc(N2CCNCC2)[nH]c(=O)c1Cc1ccc(Cl)cc1. The molecule has 0 saturated carbocycles. The van der Waals surface area contributed by atoms with Crippen molar-refractivity contribution in [2.75, 3.05) is 31.1 Å². The number of aryl methyl sites for hydroxylation is 1. The monoisotopic (exact) mass is 318 g/mol. The molecule has 2 N–H and O–H groups in total. The molecule has 2 heterocycles. The Balaban J connectivity index is 1.86. The van der Waals surface area contributed by atoms with Crippen LogP contribution in [0.5, 0.6) is 0 Å². The molecule has 0 spiro atoms. The first-order valence-electron chi connectivity index (χ1n) is 7.43. The topological polar surface area (TPSA) is 61.0 Å². The van der Waals surface area contributed by atoms with Gasteiger partial charge in [-0.05, 0) is 24.6 Å². The van der Waals surface area contributed by atoms with E-state index in [2.05, 4.69) is 20.2 Å². The quantitative estimate of drug-likeness (QED) is 0.905. The van der Waals surface area contributed by atoms with Crippen LogP contribution in [0.15, 0.2) is 29.1 Å². The van der Waals surface area contributed by atoms with Crippen molar-refractivity contribution in [3.05, 3.63) is 56.5 Å². The second-order valence-electron chi connectivity index (χ2n) is 5.49. The fourth-order valence-corrected chi connectivity index (χ4v) is 2.76. The van der Waals surface area contributed by atoms with Gasteiger partial charge in [0.1, 0.15) is 0 Å². The molecule has 0 aliphatic carbocycles. The van der Waals surface area contributed by atoms with Crippen LogP contribution < -0.4 is 15.8 Å². The molecule has 3 rings (SSSR count). The van der Waals surface area contributed by atoms with Crippen LogP contribution in [0, 0.1) is 6.92 Å². The van der Waals surface area contributed by atoms with Crippen molar-refractivity contribution in [1.29, 1.82) is 0 Å². The number of aromatic amines is 1. The van der Waals surface area contributed by atoms with E-state index in [0.29, 0.717) is 23.0 Å². The van der Waals surface area contributed by atoms with Gasteiger partial charge in [0.2, 0.25) is 5.95 Å². The summed E-state index contributed by atoms with van der Waals surface area (Å²) in [5.74, 6) is 0.670. The van der Waals surface area contributed by atoms with Crippen LogP contribution in [-0.2, 0) is 6.42 Å². The smallest absolute Gasteiger partial charge is 0.256 e. The van der Waals surface area contributed by atoms with E-state index in [0.717, 1.165) is 37.4 Å². The van der Waals surface area contributed by atoms with Crippen molar-refractivity contribution in [2.24, 2.45) is 0 Å². The number of nitrogens with one attached hydrogen (secondary N) is 2. The largest absolute Gasteiger partial charge is 0.340 e. The molecule has 1 aliphatic heterocycles. The van der Waals surface area contributed by atoms with E-state index in [1.54, 1.807) is 0 Å². The predicted octanol–water partition coefficient (Wildman–Crippen LogP) is 1.73. The number of rotatable bonds is 3. The molecule has 0 unspecified atom stereocenters. The highest BCUT2D eigenvalue weighted by Gasteiger charge is 2.15. The van der Waals surface area contributed by atoms with Gasteiger partial charge in [0.25, 0.3) is 5.56 Å². The number of piperazine rings is 1. The summed E-state index contributed by atoms with van der Waals surface area (Å²) in [4.78, 5) is 22.0. The van der Waals surface area contributed by atoms with Gasteiger partial charge in [0, 0.05) is 43.2 Å². The summed E-state index contributed by atoms with van der Waals surface area (Å²) < 4.78 is 0. The first kappa shape index (κ1) is 15.1. The summed E-state index contributed by atoms with van der Waals surface area (Å²) in [6.45, 7) is 5.44. The molecule has 0 amide bonds.